The van der Waals surface area contributed by atoms with Crippen molar-refractivity contribution in [2.75, 3.05) is 13.3 Å². The summed E-state index contributed by atoms with van der Waals surface area (Å²) in [5.74, 6) is 0.406. The average molecular weight is 211 g/mol. The van der Waals surface area contributed by atoms with E-state index in [0.717, 1.165) is 24.8 Å². The van der Waals surface area contributed by atoms with E-state index < -0.39 is 0 Å². The van der Waals surface area contributed by atoms with Gasteiger partial charge in [0.25, 0.3) is 0 Å². The molecular weight excluding hydrogens is 197 g/mol. The molecule has 1 aliphatic heterocycles. The molecule has 1 aromatic rings. The normalized spacial score (nSPS) is 13.2. The standard InChI is InChI=1S/C11H14FNO2/c12-9-5-8(3-1-2-4-13)6-10-11(9)15-7-14-10/h5-6H,1-4,7,13H2. The fourth-order valence-corrected chi connectivity index (χ4v) is 1.64. The quantitative estimate of drug-likeness (QED) is 0.773. The van der Waals surface area contributed by atoms with Crippen molar-refractivity contribution < 1.29 is 13.9 Å². The lowest BCUT2D eigenvalue weighted by Crippen LogP contribution is -1.99. The molecule has 1 aliphatic rings. The van der Waals surface area contributed by atoms with Crippen LogP contribution >= 0.6 is 0 Å². The van der Waals surface area contributed by atoms with Crippen LogP contribution in [0.2, 0.25) is 0 Å². The van der Waals surface area contributed by atoms with E-state index in [0.29, 0.717) is 12.3 Å². The highest BCUT2D eigenvalue weighted by atomic mass is 19.1. The molecule has 2 N–H and O–H groups in total. The summed E-state index contributed by atoms with van der Waals surface area (Å²) in [6.07, 6.45) is 2.75. The predicted molar refractivity (Wildman–Crippen MR) is 54.5 cm³/mol. The van der Waals surface area contributed by atoms with Gasteiger partial charge in [0, 0.05) is 0 Å². The number of hydrogen-bond acceptors (Lipinski definition) is 3. The van der Waals surface area contributed by atoms with Gasteiger partial charge in [-0.05, 0) is 43.5 Å². The fourth-order valence-electron chi connectivity index (χ4n) is 1.64. The van der Waals surface area contributed by atoms with Gasteiger partial charge in [-0.15, -0.1) is 0 Å². The van der Waals surface area contributed by atoms with Crippen LogP contribution in [-0.4, -0.2) is 13.3 Å². The van der Waals surface area contributed by atoms with Crippen molar-refractivity contribution in [1.29, 1.82) is 0 Å². The Morgan fingerprint density at radius 1 is 1.27 bits per heavy atom. The molecule has 0 aliphatic carbocycles. The lowest BCUT2D eigenvalue weighted by atomic mass is 10.1. The van der Waals surface area contributed by atoms with Gasteiger partial charge in [0.15, 0.2) is 11.6 Å². The van der Waals surface area contributed by atoms with Gasteiger partial charge in [0.2, 0.25) is 12.5 Å². The fraction of sp³-hybridized carbons (Fsp3) is 0.455. The molecule has 1 aromatic carbocycles. The second-order valence-corrected chi connectivity index (χ2v) is 3.56. The smallest absolute Gasteiger partial charge is 0.231 e. The van der Waals surface area contributed by atoms with E-state index in [1.165, 1.54) is 6.07 Å². The Hall–Kier alpha value is -1.29. The molecule has 0 saturated carbocycles. The van der Waals surface area contributed by atoms with Crippen LogP contribution in [0.5, 0.6) is 11.5 Å². The number of benzene rings is 1. The largest absolute Gasteiger partial charge is 0.453 e. The Balaban J connectivity index is 2.09. The third-order valence-corrected chi connectivity index (χ3v) is 2.41. The van der Waals surface area contributed by atoms with Crippen molar-refractivity contribution >= 4 is 0 Å². The van der Waals surface area contributed by atoms with Crippen molar-refractivity contribution in [2.24, 2.45) is 5.73 Å². The Morgan fingerprint density at radius 3 is 2.93 bits per heavy atom. The Morgan fingerprint density at radius 2 is 2.13 bits per heavy atom. The van der Waals surface area contributed by atoms with Gasteiger partial charge in [-0.3, -0.25) is 0 Å². The summed E-state index contributed by atoms with van der Waals surface area (Å²) in [5.41, 5.74) is 6.33. The SMILES string of the molecule is NCCCCc1cc(F)c2c(c1)OCO2. The van der Waals surface area contributed by atoms with Crippen LogP contribution in [-0.2, 0) is 6.42 Å². The van der Waals surface area contributed by atoms with Crippen LogP contribution < -0.4 is 15.2 Å². The van der Waals surface area contributed by atoms with Gasteiger partial charge in [-0.25, -0.2) is 4.39 Å². The second kappa shape index (κ2) is 4.49. The van der Waals surface area contributed by atoms with Crippen LogP contribution in [0, 0.1) is 5.82 Å². The molecule has 3 nitrogen and oxygen atoms in total. The van der Waals surface area contributed by atoms with Gasteiger partial charge in [-0.1, -0.05) is 0 Å². The molecular formula is C11H14FNO2. The van der Waals surface area contributed by atoms with Gasteiger partial charge in [0.05, 0.1) is 0 Å². The zero-order valence-electron chi connectivity index (χ0n) is 8.46. The van der Waals surface area contributed by atoms with Crippen molar-refractivity contribution in [3.63, 3.8) is 0 Å². The summed E-state index contributed by atoms with van der Waals surface area (Å²) in [5, 5.41) is 0. The molecule has 82 valence electrons. The number of hydrogen-bond donors (Lipinski definition) is 1. The van der Waals surface area contributed by atoms with Crippen LogP contribution in [0.15, 0.2) is 12.1 Å². The molecule has 4 heteroatoms. The maximum absolute atomic E-state index is 13.4. The first-order valence-corrected chi connectivity index (χ1v) is 5.09. The highest BCUT2D eigenvalue weighted by Gasteiger charge is 2.19. The Kier molecular flexibility index (Phi) is 3.06. The van der Waals surface area contributed by atoms with E-state index in [4.69, 9.17) is 15.2 Å². The minimum absolute atomic E-state index is 0.110. The molecule has 2 rings (SSSR count). The predicted octanol–water partition coefficient (Wildman–Crippen LogP) is 1.84. The van der Waals surface area contributed by atoms with E-state index in [-0.39, 0.29) is 18.4 Å². The van der Waals surface area contributed by atoms with Gasteiger partial charge < -0.3 is 15.2 Å². The molecule has 0 aromatic heterocycles. The molecule has 0 fully saturated rings. The van der Waals surface area contributed by atoms with Crippen LogP contribution in [0.25, 0.3) is 0 Å². The molecule has 0 unspecified atom stereocenters. The van der Waals surface area contributed by atoms with Crippen molar-refractivity contribution in [3.8, 4) is 11.5 Å². The number of ether oxygens (including phenoxy) is 2. The molecule has 15 heavy (non-hydrogen) atoms. The number of rotatable bonds is 4. The van der Waals surface area contributed by atoms with Crippen LogP contribution in [0.4, 0.5) is 4.39 Å². The molecule has 0 amide bonds. The number of aryl methyl sites for hydroxylation is 1. The monoisotopic (exact) mass is 211 g/mol. The Labute approximate surface area is 88.0 Å². The maximum Gasteiger partial charge on any atom is 0.231 e. The van der Waals surface area contributed by atoms with Gasteiger partial charge in [-0.2, -0.15) is 0 Å². The zero-order valence-corrected chi connectivity index (χ0v) is 8.46. The Bertz CT molecular complexity index is 355. The zero-order chi connectivity index (χ0) is 10.7. The van der Waals surface area contributed by atoms with E-state index >= 15 is 0 Å². The summed E-state index contributed by atoms with van der Waals surface area (Å²) in [6, 6.07) is 3.34. The van der Waals surface area contributed by atoms with Crippen molar-refractivity contribution in [1.82, 2.24) is 0 Å². The number of unbranched alkanes of at least 4 members (excludes halogenated alkanes) is 1. The highest BCUT2D eigenvalue weighted by molar-refractivity contribution is 5.45. The lowest BCUT2D eigenvalue weighted by Gasteiger charge is -2.03. The third kappa shape index (κ3) is 2.21. The number of fused-ring (bicyclic) bond motifs is 1. The number of halogens is 1. The van der Waals surface area contributed by atoms with E-state index in [1.807, 2.05) is 6.07 Å². The summed E-state index contributed by atoms with van der Waals surface area (Å²) in [4.78, 5) is 0. The minimum Gasteiger partial charge on any atom is -0.453 e. The van der Waals surface area contributed by atoms with E-state index in [2.05, 4.69) is 0 Å². The van der Waals surface area contributed by atoms with Crippen molar-refractivity contribution in [2.45, 2.75) is 19.3 Å². The summed E-state index contributed by atoms with van der Waals surface area (Å²) >= 11 is 0. The number of nitrogens with two attached hydrogens (primary N) is 1. The van der Waals surface area contributed by atoms with Gasteiger partial charge in [0.1, 0.15) is 0 Å². The molecule has 1 heterocycles. The molecule has 0 radical (unpaired) electrons. The second-order valence-electron chi connectivity index (χ2n) is 3.56. The first-order valence-electron chi connectivity index (χ1n) is 5.09. The third-order valence-electron chi connectivity index (χ3n) is 2.41. The van der Waals surface area contributed by atoms with E-state index in [9.17, 15) is 4.39 Å². The summed E-state index contributed by atoms with van der Waals surface area (Å²) in [6.45, 7) is 0.783. The van der Waals surface area contributed by atoms with Crippen LogP contribution in [0.3, 0.4) is 0 Å². The topological polar surface area (TPSA) is 44.5 Å². The first kappa shape index (κ1) is 10.2. The minimum atomic E-state index is -0.340. The first-order chi connectivity index (χ1) is 7.31. The molecule has 0 atom stereocenters. The molecule has 0 saturated heterocycles. The molecule has 0 bridgehead atoms. The lowest BCUT2D eigenvalue weighted by molar-refractivity contribution is 0.171. The van der Waals surface area contributed by atoms with Crippen LogP contribution in [0.1, 0.15) is 18.4 Å². The maximum atomic E-state index is 13.4. The van der Waals surface area contributed by atoms with Gasteiger partial charge >= 0.3 is 0 Å². The summed E-state index contributed by atoms with van der Waals surface area (Å²) in [7, 11) is 0. The average Bonchev–Trinajstić information content (AvgIpc) is 2.66. The highest BCUT2D eigenvalue weighted by Crippen LogP contribution is 2.35. The molecule has 0 spiro atoms. The van der Waals surface area contributed by atoms with Crippen molar-refractivity contribution in [3.05, 3.63) is 23.5 Å². The summed E-state index contributed by atoms with van der Waals surface area (Å²) < 4.78 is 23.6. The van der Waals surface area contributed by atoms with E-state index in [1.54, 1.807) is 0 Å².